The van der Waals surface area contributed by atoms with Crippen molar-refractivity contribution in [2.75, 3.05) is 25.1 Å². The molecule has 2 amide bonds. The fourth-order valence-corrected chi connectivity index (χ4v) is 3.81. The average molecular weight is 493 g/mol. The van der Waals surface area contributed by atoms with E-state index in [9.17, 15) is 14.0 Å². The highest BCUT2D eigenvalue weighted by molar-refractivity contribution is 9.10. The summed E-state index contributed by atoms with van der Waals surface area (Å²) in [6.45, 7) is 6.03. The zero-order valence-electron chi connectivity index (χ0n) is 18.0. The lowest BCUT2D eigenvalue weighted by Gasteiger charge is -2.41. The molecule has 1 fully saturated rings. The van der Waals surface area contributed by atoms with Gasteiger partial charge in [-0.2, -0.15) is 0 Å². The number of methoxy groups -OCH3 is 1. The van der Waals surface area contributed by atoms with Gasteiger partial charge in [-0.3, -0.25) is 4.79 Å². The second-order valence-electron chi connectivity index (χ2n) is 8.42. The number of benzene rings is 2. The molecule has 0 aliphatic carbocycles. The summed E-state index contributed by atoms with van der Waals surface area (Å²) in [6.07, 6.45) is -0.453. The Morgan fingerprint density at radius 2 is 1.81 bits per heavy atom. The number of likely N-dealkylation sites (tertiary alicyclic amines) is 1. The topological polar surface area (TPSA) is 59.1 Å². The van der Waals surface area contributed by atoms with E-state index in [2.05, 4.69) is 15.9 Å². The van der Waals surface area contributed by atoms with Gasteiger partial charge in [0.15, 0.2) is 0 Å². The Kier molecular flexibility index (Phi) is 6.89. The molecule has 31 heavy (non-hydrogen) atoms. The van der Waals surface area contributed by atoms with Crippen molar-refractivity contribution in [3.63, 3.8) is 0 Å². The highest BCUT2D eigenvalue weighted by Crippen LogP contribution is 2.33. The standard InChI is InChI=1S/C23H26BrFN2O4/c1-23(2,3)31-22(29)26-13-16(14-26)21(28)27(20-18(24)6-5-7-19(20)25)12-15-8-10-17(30-4)11-9-15/h5-11,16H,12-14H2,1-4H3. The van der Waals surface area contributed by atoms with Crippen molar-refractivity contribution >= 4 is 33.6 Å². The van der Waals surface area contributed by atoms with Crippen molar-refractivity contribution in [3.8, 4) is 5.75 Å². The molecule has 2 aromatic carbocycles. The number of amides is 2. The van der Waals surface area contributed by atoms with Gasteiger partial charge < -0.3 is 19.3 Å². The first-order chi connectivity index (χ1) is 14.6. The second-order valence-corrected chi connectivity index (χ2v) is 9.28. The smallest absolute Gasteiger partial charge is 0.410 e. The van der Waals surface area contributed by atoms with Crippen LogP contribution in [-0.4, -0.2) is 42.7 Å². The predicted octanol–water partition coefficient (Wildman–Crippen LogP) is 5.00. The van der Waals surface area contributed by atoms with Gasteiger partial charge in [0.25, 0.3) is 0 Å². The van der Waals surface area contributed by atoms with E-state index in [0.717, 1.165) is 5.56 Å². The molecule has 0 aromatic heterocycles. The van der Waals surface area contributed by atoms with Crippen LogP contribution >= 0.6 is 15.9 Å². The van der Waals surface area contributed by atoms with Crippen LogP contribution in [-0.2, 0) is 16.1 Å². The number of halogens is 2. The zero-order valence-corrected chi connectivity index (χ0v) is 19.6. The van der Waals surface area contributed by atoms with E-state index in [1.165, 1.54) is 15.9 Å². The highest BCUT2D eigenvalue weighted by atomic mass is 79.9. The molecule has 0 spiro atoms. The van der Waals surface area contributed by atoms with Crippen LogP contribution in [0.3, 0.4) is 0 Å². The lowest BCUT2D eigenvalue weighted by atomic mass is 9.98. The van der Waals surface area contributed by atoms with E-state index in [1.807, 2.05) is 12.1 Å². The number of hydrogen-bond acceptors (Lipinski definition) is 4. The minimum absolute atomic E-state index is 0.180. The van der Waals surface area contributed by atoms with E-state index in [4.69, 9.17) is 9.47 Å². The average Bonchev–Trinajstić information content (AvgIpc) is 2.64. The SMILES string of the molecule is COc1ccc(CN(C(=O)C2CN(C(=O)OC(C)(C)C)C2)c2c(F)cccc2Br)cc1. The maximum atomic E-state index is 14.7. The normalized spacial score (nSPS) is 14.1. The molecule has 6 nitrogen and oxygen atoms in total. The molecule has 1 heterocycles. The molecule has 0 saturated carbocycles. The van der Waals surface area contributed by atoms with Crippen LogP contribution in [0.1, 0.15) is 26.3 Å². The summed E-state index contributed by atoms with van der Waals surface area (Å²) in [4.78, 5) is 28.5. The Morgan fingerprint density at radius 3 is 2.35 bits per heavy atom. The molecular weight excluding hydrogens is 467 g/mol. The summed E-state index contributed by atoms with van der Waals surface area (Å²) in [5, 5.41) is 0. The number of nitrogens with zero attached hydrogens (tertiary/aromatic N) is 2. The van der Waals surface area contributed by atoms with Crippen molar-refractivity contribution in [1.82, 2.24) is 4.90 Å². The third-order valence-corrected chi connectivity index (χ3v) is 5.50. The summed E-state index contributed by atoms with van der Waals surface area (Å²) in [5.41, 5.74) is 0.400. The number of ether oxygens (including phenoxy) is 2. The van der Waals surface area contributed by atoms with E-state index in [0.29, 0.717) is 10.2 Å². The quantitative estimate of drug-likeness (QED) is 0.589. The molecule has 1 aliphatic rings. The summed E-state index contributed by atoms with van der Waals surface area (Å²) in [6, 6.07) is 11.8. The van der Waals surface area contributed by atoms with Gasteiger partial charge >= 0.3 is 6.09 Å². The van der Waals surface area contributed by atoms with Gasteiger partial charge in [-0.1, -0.05) is 18.2 Å². The fourth-order valence-electron chi connectivity index (χ4n) is 3.26. The number of para-hydroxylation sites is 1. The molecule has 8 heteroatoms. The van der Waals surface area contributed by atoms with Crippen molar-refractivity contribution < 1.29 is 23.5 Å². The Morgan fingerprint density at radius 1 is 1.16 bits per heavy atom. The first-order valence-corrected chi connectivity index (χ1v) is 10.7. The molecule has 1 aliphatic heterocycles. The van der Waals surface area contributed by atoms with Gasteiger partial charge in [-0.05, 0) is 66.5 Å². The van der Waals surface area contributed by atoms with E-state index < -0.39 is 23.4 Å². The molecule has 166 valence electrons. The van der Waals surface area contributed by atoms with Crippen LogP contribution in [0.15, 0.2) is 46.9 Å². The maximum absolute atomic E-state index is 14.7. The van der Waals surface area contributed by atoms with Gasteiger partial charge in [0.1, 0.15) is 17.2 Å². The summed E-state index contributed by atoms with van der Waals surface area (Å²) in [7, 11) is 1.58. The number of carbonyl (C=O) groups is 2. The zero-order chi connectivity index (χ0) is 22.8. The van der Waals surface area contributed by atoms with Crippen molar-refractivity contribution in [2.24, 2.45) is 5.92 Å². The van der Waals surface area contributed by atoms with Gasteiger partial charge in [0, 0.05) is 17.6 Å². The second kappa shape index (κ2) is 9.26. The van der Waals surface area contributed by atoms with Crippen molar-refractivity contribution in [2.45, 2.75) is 32.9 Å². The minimum Gasteiger partial charge on any atom is -0.497 e. The Hall–Kier alpha value is -2.61. The van der Waals surface area contributed by atoms with Gasteiger partial charge in [-0.15, -0.1) is 0 Å². The van der Waals surface area contributed by atoms with Crippen LogP contribution in [0.4, 0.5) is 14.9 Å². The molecule has 2 aromatic rings. The molecular formula is C23H26BrFN2O4. The largest absolute Gasteiger partial charge is 0.497 e. The fraction of sp³-hybridized carbons (Fsp3) is 0.391. The summed E-state index contributed by atoms with van der Waals surface area (Å²) in [5.74, 6) is -0.487. The number of rotatable bonds is 5. The van der Waals surface area contributed by atoms with Crippen molar-refractivity contribution in [3.05, 3.63) is 58.3 Å². The van der Waals surface area contributed by atoms with Crippen LogP contribution in [0.5, 0.6) is 5.75 Å². The maximum Gasteiger partial charge on any atom is 0.410 e. The molecule has 0 bridgehead atoms. The Labute approximate surface area is 190 Å². The third-order valence-electron chi connectivity index (χ3n) is 4.86. The van der Waals surface area contributed by atoms with Crippen LogP contribution in [0, 0.1) is 11.7 Å². The first kappa shape index (κ1) is 23.1. The van der Waals surface area contributed by atoms with E-state index in [-0.39, 0.29) is 31.2 Å². The van der Waals surface area contributed by atoms with E-state index in [1.54, 1.807) is 52.1 Å². The van der Waals surface area contributed by atoms with Gasteiger partial charge in [0.05, 0.1) is 25.3 Å². The van der Waals surface area contributed by atoms with E-state index >= 15 is 0 Å². The summed E-state index contributed by atoms with van der Waals surface area (Å²) < 4.78 is 25.7. The molecule has 0 atom stereocenters. The first-order valence-electron chi connectivity index (χ1n) is 9.95. The lowest BCUT2D eigenvalue weighted by Crippen LogP contribution is -2.57. The monoisotopic (exact) mass is 492 g/mol. The Bertz CT molecular complexity index is 933. The highest BCUT2D eigenvalue weighted by Gasteiger charge is 2.40. The number of hydrogen-bond donors (Lipinski definition) is 0. The molecule has 0 radical (unpaired) electrons. The lowest BCUT2D eigenvalue weighted by molar-refractivity contribution is -0.127. The van der Waals surface area contributed by atoms with Crippen LogP contribution in [0.25, 0.3) is 0 Å². The molecule has 0 unspecified atom stereocenters. The van der Waals surface area contributed by atoms with Crippen LogP contribution in [0.2, 0.25) is 0 Å². The minimum atomic E-state index is -0.607. The van der Waals surface area contributed by atoms with Crippen molar-refractivity contribution in [1.29, 1.82) is 0 Å². The third kappa shape index (κ3) is 5.55. The molecule has 1 saturated heterocycles. The van der Waals surface area contributed by atoms with Crippen LogP contribution < -0.4 is 9.64 Å². The number of anilines is 1. The van der Waals surface area contributed by atoms with Gasteiger partial charge in [-0.25, -0.2) is 9.18 Å². The summed E-state index contributed by atoms with van der Waals surface area (Å²) >= 11 is 3.37. The Balaban J connectivity index is 1.80. The van der Waals surface area contributed by atoms with Gasteiger partial charge in [0.2, 0.25) is 5.91 Å². The predicted molar refractivity (Wildman–Crippen MR) is 120 cm³/mol. The molecule has 0 N–H and O–H groups in total. The number of carbonyl (C=O) groups excluding carboxylic acids is 2. The molecule has 3 rings (SSSR count).